The molecule has 3 unspecified atom stereocenters. The number of unbranched alkanes of at least 4 members (excludes halogenated alkanes) is 3. The lowest BCUT2D eigenvalue weighted by molar-refractivity contribution is 0.274. The maximum Gasteiger partial charge on any atom is 0.0176 e. The first-order valence-corrected chi connectivity index (χ1v) is 9.99. The van der Waals surface area contributed by atoms with Gasteiger partial charge in [0.15, 0.2) is 0 Å². The Labute approximate surface area is 131 Å². The van der Waals surface area contributed by atoms with E-state index in [4.69, 9.17) is 0 Å². The lowest BCUT2D eigenvalue weighted by Crippen LogP contribution is -2.23. The van der Waals surface area contributed by atoms with Gasteiger partial charge in [-0.3, -0.25) is 0 Å². The van der Waals surface area contributed by atoms with Crippen LogP contribution >= 0.6 is 31.9 Å². The Morgan fingerprint density at radius 1 is 0.944 bits per heavy atom. The van der Waals surface area contributed by atoms with Crippen LogP contribution in [0.4, 0.5) is 0 Å². The third kappa shape index (κ3) is 6.93. The molecule has 2 heteroatoms. The minimum atomic E-state index is 0.787. The molecule has 0 aliphatic heterocycles. The molecular weight excluding hydrogens is 352 g/mol. The quantitative estimate of drug-likeness (QED) is 0.339. The molecule has 0 spiro atoms. The number of halogens is 2. The summed E-state index contributed by atoms with van der Waals surface area (Å²) in [4.78, 5) is 0.787. The monoisotopic (exact) mass is 380 g/mol. The Kier molecular flexibility index (Phi) is 10.1. The van der Waals surface area contributed by atoms with Gasteiger partial charge in [0, 0.05) is 10.2 Å². The van der Waals surface area contributed by atoms with Crippen LogP contribution in [0.1, 0.15) is 77.6 Å². The van der Waals surface area contributed by atoms with Gasteiger partial charge in [-0.1, -0.05) is 90.2 Å². The van der Waals surface area contributed by atoms with Crippen LogP contribution in [0.2, 0.25) is 0 Å². The molecule has 0 saturated heterocycles. The van der Waals surface area contributed by atoms with Gasteiger partial charge < -0.3 is 0 Å². The topological polar surface area (TPSA) is 0 Å². The summed E-state index contributed by atoms with van der Waals surface area (Å²) in [5.41, 5.74) is 0. The van der Waals surface area contributed by atoms with Crippen molar-refractivity contribution >= 4 is 31.9 Å². The normalized spacial score (nSPS) is 27.5. The van der Waals surface area contributed by atoms with Crippen molar-refractivity contribution < 1.29 is 0 Å². The van der Waals surface area contributed by atoms with Gasteiger partial charge in [0.05, 0.1) is 0 Å². The summed E-state index contributed by atoms with van der Waals surface area (Å²) < 4.78 is 0. The summed E-state index contributed by atoms with van der Waals surface area (Å²) >= 11 is 7.48. The highest BCUT2D eigenvalue weighted by atomic mass is 79.9. The predicted octanol–water partition coefficient (Wildman–Crippen LogP) is 6.70. The van der Waals surface area contributed by atoms with E-state index in [0.29, 0.717) is 0 Å². The zero-order valence-corrected chi connectivity index (χ0v) is 15.1. The van der Waals surface area contributed by atoms with Crippen molar-refractivity contribution in [2.45, 2.75) is 82.4 Å². The van der Waals surface area contributed by atoms with E-state index in [9.17, 15) is 0 Å². The highest BCUT2D eigenvalue weighted by molar-refractivity contribution is 9.09. The van der Waals surface area contributed by atoms with E-state index in [1.165, 1.54) is 76.0 Å². The predicted molar refractivity (Wildman–Crippen MR) is 90.0 cm³/mol. The van der Waals surface area contributed by atoms with Crippen molar-refractivity contribution in [3.8, 4) is 0 Å². The molecule has 0 bridgehead atoms. The molecule has 1 saturated carbocycles. The van der Waals surface area contributed by atoms with Gasteiger partial charge in [-0.2, -0.15) is 0 Å². The summed E-state index contributed by atoms with van der Waals surface area (Å²) in [5.74, 6) is 1.85. The molecule has 1 aliphatic carbocycles. The standard InChI is InChI=1S/C16H30Br2/c1-14(10-6-4-5-9-13-17)15-11-7-2-3-8-12-16(15)18/h14-16H,2-13H2,1H3. The van der Waals surface area contributed by atoms with Crippen molar-refractivity contribution in [3.63, 3.8) is 0 Å². The van der Waals surface area contributed by atoms with Crippen molar-refractivity contribution in [1.29, 1.82) is 0 Å². The average Bonchev–Trinajstić information content (AvgIpc) is 2.34. The second-order valence-corrected chi connectivity index (χ2v) is 8.01. The molecule has 0 heterocycles. The molecular formula is C16H30Br2. The van der Waals surface area contributed by atoms with Crippen LogP contribution < -0.4 is 0 Å². The Bertz CT molecular complexity index is 194. The molecule has 3 atom stereocenters. The van der Waals surface area contributed by atoms with Crippen LogP contribution in [-0.2, 0) is 0 Å². The Morgan fingerprint density at radius 2 is 1.61 bits per heavy atom. The maximum atomic E-state index is 3.97. The molecule has 1 aliphatic rings. The molecule has 0 aromatic heterocycles. The van der Waals surface area contributed by atoms with E-state index in [0.717, 1.165) is 16.7 Å². The first-order chi connectivity index (χ1) is 8.75. The zero-order valence-electron chi connectivity index (χ0n) is 12.0. The number of alkyl halides is 2. The van der Waals surface area contributed by atoms with E-state index in [2.05, 4.69) is 38.8 Å². The minimum Gasteiger partial charge on any atom is -0.0928 e. The molecule has 0 N–H and O–H groups in total. The van der Waals surface area contributed by atoms with Gasteiger partial charge in [-0.05, 0) is 31.1 Å². The fourth-order valence-electron chi connectivity index (χ4n) is 3.24. The summed E-state index contributed by atoms with van der Waals surface area (Å²) in [6.07, 6.45) is 15.7. The summed E-state index contributed by atoms with van der Waals surface area (Å²) in [6, 6.07) is 0. The molecule has 1 fully saturated rings. The van der Waals surface area contributed by atoms with Gasteiger partial charge in [-0.25, -0.2) is 0 Å². The second-order valence-electron chi connectivity index (χ2n) is 6.04. The molecule has 0 aromatic rings. The molecule has 0 nitrogen and oxygen atoms in total. The van der Waals surface area contributed by atoms with Gasteiger partial charge in [0.25, 0.3) is 0 Å². The van der Waals surface area contributed by atoms with Crippen LogP contribution in [0.15, 0.2) is 0 Å². The maximum absolute atomic E-state index is 3.97. The summed E-state index contributed by atoms with van der Waals surface area (Å²) in [7, 11) is 0. The van der Waals surface area contributed by atoms with Crippen molar-refractivity contribution in [3.05, 3.63) is 0 Å². The first-order valence-electron chi connectivity index (χ1n) is 7.95. The van der Waals surface area contributed by atoms with E-state index < -0.39 is 0 Å². The number of hydrogen-bond donors (Lipinski definition) is 0. The van der Waals surface area contributed by atoms with Crippen LogP contribution in [0.25, 0.3) is 0 Å². The van der Waals surface area contributed by atoms with Gasteiger partial charge in [0.1, 0.15) is 0 Å². The van der Waals surface area contributed by atoms with Gasteiger partial charge in [-0.15, -0.1) is 0 Å². The SMILES string of the molecule is CC(CCCCCCBr)C1CCCCCCC1Br. The second kappa shape index (κ2) is 10.7. The van der Waals surface area contributed by atoms with E-state index in [1.54, 1.807) is 0 Å². The molecule has 18 heavy (non-hydrogen) atoms. The number of rotatable bonds is 7. The number of hydrogen-bond acceptors (Lipinski definition) is 0. The molecule has 0 aromatic carbocycles. The van der Waals surface area contributed by atoms with Gasteiger partial charge >= 0.3 is 0 Å². The minimum absolute atomic E-state index is 0.787. The lowest BCUT2D eigenvalue weighted by atomic mass is 9.80. The third-order valence-electron chi connectivity index (χ3n) is 4.51. The van der Waals surface area contributed by atoms with Crippen molar-refractivity contribution in [2.75, 3.05) is 5.33 Å². The first kappa shape index (κ1) is 17.0. The van der Waals surface area contributed by atoms with Gasteiger partial charge in [0.2, 0.25) is 0 Å². The van der Waals surface area contributed by atoms with Crippen LogP contribution in [-0.4, -0.2) is 10.2 Å². The zero-order chi connectivity index (χ0) is 13.2. The summed E-state index contributed by atoms with van der Waals surface area (Å²) in [5, 5.41) is 1.18. The van der Waals surface area contributed by atoms with E-state index in [1.807, 2.05) is 0 Å². The molecule has 108 valence electrons. The Balaban J connectivity index is 2.22. The third-order valence-corrected chi connectivity index (χ3v) is 6.20. The van der Waals surface area contributed by atoms with Crippen LogP contribution in [0, 0.1) is 11.8 Å². The highest BCUT2D eigenvalue weighted by Gasteiger charge is 2.25. The van der Waals surface area contributed by atoms with Crippen molar-refractivity contribution in [2.24, 2.45) is 11.8 Å². The van der Waals surface area contributed by atoms with Crippen molar-refractivity contribution in [1.82, 2.24) is 0 Å². The Morgan fingerprint density at radius 3 is 2.33 bits per heavy atom. The van der Waals surface area contributed by atoms with Crippen LogP contribution in [0.5, 0.6) is 0 Å². The lowest BCUT2D eigenvalue weighted by Gasteiger charge is -2.30. The average molecular weight is 382 g/mol. The van der Waals surface area contributed by atoms with E-state index >= 15 is 0 Å². The molecule has 1 rings (SSSR count). The summed E-state index contributed by atoms with van der Waals surface area (Å²) in [6.45, 7) is 2.49. The Hall–Kier alpha value is 0.960. The largest absolute Gasteiger partial charge is 0.0928 e. The van der Waals surface area contributed by atoms with Crippen LogP contribution in [0.3, 0.4) is 0 Å². The fourth-order valence-corrected chi connectivity index (χ4v) is 4.74. The molecule has 0 radical (unpaired) electrons. The molecule has 0 amide bonds. The fraction of sp³-hybridized carbons (Fsp3) is 1.00. The van der Waals surface area contributed by atoms with E-state index in [-0.39, 0.29) is 0 Å². The highest BCUT2D eigenvalue weighted by Crippen LogP contribution is 2.35. The smallest absolute Gasteiger partial charge is 0.0176 e.